The second-order valence-electron chi connectivity index (χ2n) is 8.80. The van der Waals surface area contributed by atoms with Crippen molar-refractivity contribution < 1.29 is 18.0 Å². The van der Waals surface area contributed by atoms with Crippen molar-refractivity contribution in [3.8, 4) is 0 Å². The first-order valence-corrected chi connectivity index (χ1v) is 13.5. The van der Waals surface area contributed by atoms with Gasteiger partial charge in [-0.25, -0.2) is 8.42 Å². The van der Waals surface area contributed by atoms with E-state index in [1.807, 2.05) is 58.9 Å². The summed E-state index contributed by atoms with van der Waals surface area (Å²) in [6, 6.07) is 13.9. The van der Waals surface area contributed by atoms with E-state index in [2.05, 4.69) is 5.32 Å². The zero-order valence-electron chi connectivity index (χ0n) is 21.0. The normalized spacial score (nSPS) is 13.1. The van der Waals surface area contributed by atoms with Crippen molar-refractivity contribution in [3.63, 3.8) is 0 Å². The second-order valence-corrected chi connectivity index (χ2v) is 10.7. The molecule has 0 aromatic heterocycles. The van der Waals surface area contributed by atoms with Crippen LogP contribution in [0.3, 0.4) is 0 Å². The summed E-state index contributed by atoms with van der Waals surface area (Å²) in [5.74, 6) is -0.666. The number of amides is 2. The van der Waals surface area contributed by atoms with Gasteiger partial charge >= 0.3 is 0 Å². The number of nitrogens with one attached hydrogen (secondary N) is 1. The van der Waals surface area contributed by atoms with Gasteiger partial charge in [0.15, 0.2) is 0 Å². The maximum atomic E-state index is 13.7. The molecule has 0 fully saturated rings. The quantitative estimate of drug-likeness (QED) is 0.522. The number of aryl methyl sites for hydroxylation is 2. The van der Waals surface area contributed by atoms with Crippen molar-refractivity contribution in [1.82, 2.24) is 10.2 Å². The fourth-order valence-corrected chi connectivity index (χ4v) is 4.51. The van der Waals surface area contributed by atoms with Gasteiger partial charge in [-0.2, -0.15) is 0 Å². The molecule has 0 saturated carbocycles. The van der Waals surface area contributed by atoms with Crippen LogP contribution in [0.4, 0.5) is 5.69 Å². The van der Waals surface area contributed by atoms with Gasteiger partial charge in [-0.05, 0) is 56.9 Å². The molecule has 1 N–H and O–H groups in total. The van der Waals surface area contributed by atoms with Gasteiger partial charge in [-0.15, -0.1) is 0 Å². The third-order valence-corrected chi connectivity index (χ3v) is 7.13. The molecule has 7 nitrogen and oxygen atoms in total. The van der Waals surface area contributed by atoms with Crippen LogP contribution < -0.4 is 9.62 Å². The molecule has 0 saturated heterocycles. The van der Waals surface area contributed by atoms with Crippen molar-refractivity contribution in [2.45, 2.75) is 66.1 Å². The first-order valence-electron chi connectivity index (χ1n) is 11.7. The van der Waals surface area contributed by atoms with Crippen molar-refractivity contribution >= 4 is 27.5 Å². The lowest BCUT2D eigenvalue weighted by Crippen LogP contribution is -2.53. The fourth-order valence-electron chi connectivity index (χ4n) is 3.66. The molecule has 0 unspecified atom stereocenters. The Kier molecular flexibility index (Phi) is 9.67. The summed E-state index contributed by atoms with van der Waals surface area (Å²) in [7, 11) is -3.73. The lowest BCUT2D eigenvalue weighted by Gasteiger charge is -2.33. The molecule has 0 aliphatic carbocycles. The van der Waals surface area contributed by atoms with Crippen molar-refractivity contribution in [2.75, 3.05) is 17.1 Å². The lowest BCUT2D eigenvalue weighted by molar-refractivity contribution is -0.140. The molecule has 0 bridgehead atoms. The largest absolute Gasteiger partial charge is 0.352 e. The highest BCUT2D eigenvalue weighted by Gasteiger charge is 2.32. The molecular weight excluding hydrogens is 450 g/mol. The molecule has 2 rings (SSSR count). The third-order valence-electron chi connectivity index (χ3n) is 5.99. The highest BCUT2D eigenvalue weighted by atomic mass is 32.2. The minimum Gasteiger partial charge on any atom is -0.352 e. The van der Waals surface area contributed by atoms with Gasteiger partial charge in [-0.3, -0.25) is 13.9 Å². The lowest BCUT2D eigenvalue weighted by atomic mass is 10.1. The van der Waals surface area contributed by atoms with Crippen molar-refractivity contribution in [2.24, 2.45) is 0 Å². The number of hydrogen-bond donors (Lipinski definition) is 1. The summed E-state index contributed by atoms with van der Waals surface area (Å²) >= 11 is 0. The monoisotopic (exact) mass is 487 g/mol. The van der Waals surface area contributed by atoms with Crippen molar-refractivity contribution in [3.05, 3.63) is 65.2 Å². The molecular formula is C26H37N3O4S. The van der Waals surface area contributed by atoms with Gasteiger partial charge in [0.2, 0.25) is 21.8 Å². The SMILES string of the molecule is CC[C@H](C)NC(=O)[C@H](CC)N(Cc1ccccc1C)C(=O)CN(c1ccc(C)cc1)S(C)(=O)=O. The Labute approximate surface area is 204 Å². The van der Waals surface area contributed by atoms with E-state index < -0.39 is 22.0 Å². The molecule has 2 aromatic rings. The Hall–Kier alpha value is -2.87. The van der Waals surface area contributed by atoms with E-state index in [0.717, 1.165) is 33.7 Å². The smallest absolute Gasteiger partial charge is 0.244 e. The molecule has 34 heavy (non-hydrogen) atoms. The van der Waals surface area contributed by atoms with Crippen LogP contribution in [0.5, 0.6) is 0 Å². The van der Waals surface area contributed by atoms with Crippen LogP contribution in [0.2, 0.25) is 0 Å². The number of benzene rings is 2. The number of anilines is 1. The highest BCUT2D eigenvalue weighted by Crippen LogP contribution is 2.21. The van der Waals surface area contributed by atoms with Crippen LogP contribution >= 0.6 is 0 Å². The molecule has 186 valence electrons. The maximum Gasteiger partial charge on any atom is 0.244 e. The van der Waals surface area contributed by atoms with E-state index in [1.165, 1.54) is 4.90 Å². The molecule has 0 spiro atoms. The van der Waals surface area contributed by atoms with Crippen LogP contribution in [-0.4, -0.2) is 50.0 Å². The summed E-state index contributed by atoms with van der Waals surface area (Å²) in [6.45, 7) is 9.44. The van der Waals surface area contributed by atoms with E-state index in [0.29, 0.717) is 12.1 Å². The molecule has 0 heterocycles. The molecule has 8 heteroatoms. The minimum absolute atomic E-state index is 0.0305. The van der Waals surface area contributed by atoms with E-state index in [-0.39, 0.29) is 25.0 Å². The van der Waals surface area contributed by atoms with Crippen LogP contribution in [0.25, 0.3) is 0 Å². The number of rotatable bonds is 11. The van der Waals surface area contributed by atoms with E-state index in [4.69, 9.17) is 0 Å². The summed E-state index contributed by atoms with van der Waals surface area (Å²) in [4.78, 5) is 28.3. The Balaban J connectivity index is 2.44. The Morgan fingerprint density at radius 1 is 0.971 bits per heavy atom. The molecule has 2 aromatic carbocycles. The second kappa shape index (κ2) is 12.0. The highest BCUT2D eigenvalue weighted by molar-refractivity contribution is 7.92. The Bertz CT molecular complexity index is 1080. The van der Waals surface area contributed by atoms with E-state index in [9.17, 15) is 18.0 Å². The Morgan fingerprint density at radius 2 is 1.59 bits per heavy atom. The molecule has 2 amide bonds. The van der Waals surface area contributed by atoms with Crippen molar-refractivity contribution in [1.29, 1.82) is 0 Å². The molecule has 2 atom stereocenters. The van der Waals surface area contributed by atoms with Gasteiger partial charge < -0.3 is 10.2 Å². The zero-order valence-corrected chi connectivity index (χ0v) is 21.9. The summed E-state index contributed by atoms with van der Waals surface area (Å²) in [6.07, 6.45) is 2.26. The van der Waals surface area contributed by atoms with Gasteiger partial charge in [-0.1, -0.05) is 55.8 Å². The first-order chi connectivity index (χ1) is 16.0. The van der Waals surface area contributed by atoms with Gasteiger partial charge in [0.25, 0.3) is 0 Å². The van der Waals surface area contributed by atoms with E-state index >= 15 is 0 Å². The van der Waals surface area contributed by atoms with Crippen LogP contribution in [-0.2, 0) is 26.2 Å². The standard InChI is InChI=1S/C26H37N3O4S/c1-7-21(5)27-26(31)24(8-2)28(17-22-12-10-9-11-20(22)4)25(30)18-29(34(6,32)33)23-15-13-19(3)14-16-23/h9-16,21,24H,7-8,17-18H2,1-6H3,(H,27,31)/t21-,24-/m0/s1. The van der Waals surface area contributed by atoms with E-state index in [1.54, 1.807) is 24.3 Å². The van der Waals surface area contributed by atoms with Gasteiger partial charge in [0.05, 0.1) is 11.9 Å². The average molecular weight is 488 g/mol. The average Bonchev–Trinajstić information content (AvgIpc) is 2.78. The summed E-state index contributed by atoms with van der Waals surface area (Å²) in [5.41, 5.74) is 3.30. The molecule has 0 aliphatic rings. The number of sulfonamides is 1. The topological polar surface area (TPSA) is 86.8 Å². The molecule has 0 radical (unpaired) electrons. The third kappa shape index (κ3) is 7.32. The predicted molar refractivity (Wildman–Crippen MR) is 137 cm³/mol. The minimum atomic E-state index is -3.73. The number of nitrogens with zero attached hydrogens (tertiary/aromatic N) is 2. The van der Waals surface area contributed by atoms with Gasteiger partial charge in [0.1, 0.15) is 12.6 Å². The summed E-state index contributed by atoms with van der Waals surface area (Å²) < 4.78 is 26.3. The maximum absolute atomic E-state index is 13.7. The number of carbonyl (C=O) groups is 2. The van der Waals surface area contributed by atoms with Gasteiger partial charge in [0, 0.05) is 12.6 Å². The summed E-state index contributed by atoms with van der Waals surface area (Å²) in [5, 5.41) is 2.97. The van der Waals surface area contributed by atoms with Crippen LogP contribution in [0.1, 0.15) is 50.3 Å². The first kappa shape index (κ1) is 27.4. The zero-order chi connectivity index (χ0) is 25.5. The number of carbonyl (C=O) groups excluding carboxylic acids is 2. The van der Waals surface area contributed by atoms with Crippen LogP contribution in [0, 0.1) is 13.8 Å². The van der Waals surface area contributed by atoms with Crippen LogP contribution in [0.15, 0.2) is 48.5 Å². The fraction of sp³-hybridized carbons (Fsp3) is 0.462. The number of hydrogen-bond acceptors (Lipinski definition) is 4. The Morgan fingerprint density at radius 3 is 2.12 bits per heavy atom. The molecule has 0 aliphatic heterocycles. The predicted octanol–water partition coefficient (Wildman–Crippen LogP) is 3.79.